The van der Waals surface area contributed by atoms with Crippen molar-refractivity contribution in [2.24, 2.45) is 17.8 Å². The van der Waals surface area contributed by atoms with E-state index in [0.717, 1.165) is 36.2 Å². The van der Waals surface area contributed by atoms with E-state index in [0.29, 0.717) is 16.7 Å². The second-order valence-corrected chi connectivity index (χ2v) is 9.38. The molecule has 0 saturated heterocycles. The largest absolute Gasteiger partial charge is 0.486 e. The van der Waals surface area contributed by atoms with Crippen LogP contribution in [0.5, 0.6) is 5.75 Å². The molecule has 0 radical (unpaired) electrons. The summed E-state index contributed by atoms with van der Waals surface area (Å²) in [5.74, 6) is 1.41. The number of ether oxygens (including phenoxy) is 1. The van der Waals surface area contributed by atoms with Crippen LogP contribution in [0.4, 0.5) is 8.78 Å². The fraction of sp³-hybridized carbons (Fsp3) is 0.556. The zero-order valence-electron chi connectivity index (χ0n) is 18.1. The van der Waals surface area contributed by atoms with Crippen LogP contribution in [0.15, 0.2) is 36.9 Å². The summed E-state index contributed by atoms with van der Waals surface area (Å²) >= 11 is 0. The predicted octanol–water partition coefficient (Wildman–Crippen LogP) is 8.17. The topological polar surface area (TPSA) is 9.23 Å². The molecule has 0 bridgehead atoms. The zero-order valence-corrected chi connectivity index (χ0v) is 18.1. The van der Waals surface area contributed by atoms with Gasteiger partial charge in [-0.3, -0.25) is 0 Å². The van der Waals surface area contributed by atoms with E-state index in [1.165, 1.54) is 51.0 Å². The molecule has 162 valence electrons. The molecule has 0 N–H and O–H groups in total. The van der Waals surface area contributed by atoms with Crippen molar-refractivity contribution < 1.29 is 13.5 Å². The van der Waals surface area contributed by atoms with Gasteiger partial charge in [-0.15, -0.1) is 0 Å². The fourth-order valence-corrected chi connectivity index (χ4v) is 5.82. The minimum absolute atomic E-state index is 0.0500. The van der Waals surface area contributed by atoms with Crippen molar-refractivity contribution in [2.45, 2.75) is 70.6 Å². The Labute approximate surface area is 179 Å². The van der Waals surface area contributed by atoms with Crippen molar-refractivity contribution in [1.82, 2.24) is 0 Å². The van der Waals surface area contributed by atoms with Crippen LogP contribution in [-0.4, -0.2) is 6.61 Å². The lowest BCUT2D eigenvalue weighted by molar-refractivity contribution is 0.158. The molecule has 0 aromatic heterocycles. The highest BCUT2D eigenvalue weighted by Gasteiger charge is 2.31. The van der Waals surface area contributed by atoms with E-state index >= 15 is 0 Å². The summed E-state index contributed by atoms with van der Waals surface area (Å²) in [5.41, 5.74) is 1.15. The van der Waals surface area contributed by atoms with E-state index in [1.807, 2.05) is 12.1 Å². The summed E-state index contributed by atoms with van der Waals surface area (Å²) in [6, 6.07) is 7.45. The number of benzene rings is 2. The van der Waals surface area contributed by atoms with E-state index in [4.69, 9.17) is 4.74 Å². The molecule has 1 nitrogen and oxygen atoms in total. The maximum atomic E-state index is 14.7. The molecule has 3 heteroatoms. The van der Waals surface area contributed by atoms with Gasteiger partial charge in [0.05, 0.1) is 0 Å². The molecule has 0 heterocycles. The van der Waals surface area contributed by atoms with Gasteiger partial charge in [0.1, 0.15) is 6.61 Å². The number of rotatable bonds is 6. The van der Waals surface area contributed by atoms with Crippen molar-refractivity contribution in [3.8, 4) is 5.75 Å². The van der Waals surface area contributed by atoms with Gasteiger partial charge >= 0.3 is 0 Å². The number of hydrogen-bond donors (Lipinski definition) is 0. The van der Waals surface area contributed by atoms with Crippen LogP contribution in [0, 0.1) is 29.4 Å². The minimum Gasteiger partial charge on any atom is -0.486 e. The van der Waals surface area contributed by atoms with Crippen LogP contribution < -0.4 is 4.74 Å². The third kappa shape index (κ3) is 4.40. The van der Waals surface area contributed by atoms with Gasteiger partial charge in [-0.25, -0.2) is 4.39 Å². The third-order valence-corrected chi connectivity index (χ3v) is 7.74. The molecule has 2 fully saturated rings. The third-order valence-electron chi connectivity index (χ3n) is 7.74. The smallest absolute Gasteiger partial charge is 0.201 e. The average molecular weight is 413 g/mol. The van der Waals surface area contributed by atoms with Gasteiger partial charge in [0.2, 0.25) is 5.82 Å². The highest BCUT2D eigenvalue weighted by molar-refractivity contribution is 5.85. The molecule has 0 amide bonds. The molecule has 0 aliphatic heterocycles. The highest BCUT2D eigenvalue weighted by atomic mass is 19.2. The molecule has 2 aliphatic carbocycles. The Kier molecular flexibility index (Phi) is 6.75. The molecule has 2 saturated carbocycles. The van der Waals surface area contributed by atoms with Crippen LogP contribution in [0.3, 0.4) is 0 Å². The maximum absolute atomic E-state index is 14.7. The van der Waals surface area contributed by atoms with Gasteiger partial charge < -0.3 is 4.74 Å². The van der Waals surface area contributed by atoms with Crippen LogP contribution in [0.2, 0.25) is 0 Å². The van der Waals surface area contributed by atoms with Gasteiger partial charge in [0.15, 0.2) is 11.6 Å². The number of hydrogen-bond acceptors (Lipinski definition) is 1. The standard InChI is InChI=1S/C27H34F2O/c1-3-15-30-25-17-23-14-13-22(16-24(23)26(28)27(25)29)21-11-9-20(10-12-21)19-7-5-18(4-2)6-8-19/h3,13-14,16-21H,1,4-12,15H2,2H3. The van der Waals surface area contributed by atoms with Crippen LogP contribution in [0.25, 0.3) is 10.8 Å². The Morgan fingerprint density at radius 1 is 0.933 bits per heavy atom. The van der Waals surface area contributed by atoms with Crippen molar-refractivity contribution in [3.63, 3.8) is 0 Å². The molecule has 0 spiro atoms. The summed E-state index contributed by atoms with van der Waals surface area (Å²) < 4.78 is 34.4. The summed E-state index contributed by atoms with van der Waals surface area (Å²) in [6.07, 6.45) is 13.4. The highest BCUT2D eigenvalue weighted by Crippen LogP contribution is 2.44. The van der Waals surface area contributed by atoms with Gasteiger partial charge in [0.25, 0.3) is 0 Å². The Bertz CT molecular complexity index is 874. The molecular weight excluding hydrogens is 378 g/mol. The Morgan fingerprint density at radius 2 is 1.60 bits per heavy atom. The van der Waals surface area contributed by atoms with Gasteiger partial charge in [0, 0.05) is 5.39 Å². The first-order chi connectivity index (χ1) is 14.6. The van der Waals surface area contributed by atoms with Crippen LogP contribution in [0.1, 0.15) is 76.2 Å². The Balaban J connectivity index is 1.44. The van der Waals surface area contributed by atoms with Crippen molar-refractivity contribution >= 4 is 10.8 Å². The van der Waals surface area contributed by atoms with Gasteiger partial charge in [-0.05, 0) is 85.3 Å². The Morgan fingerprint density at radius 3 is 2.23 bits per heavy atom. The van der Waals surface area contributed by atoms with E-state index in [1.54, 1.807) is 6.07 Å². The van der Waals surface area contributed by atoms with Gasteiger partial charge in [-0.2, -0.15) is 4.39 Å². The lowest BCUT2D eigenvalue weighted by Gasteiger charge is -2.38. The average Bonchev–Trinajstić information content (AvgIpc) is 2.80. The quantitative estimate of drug-likeness (QED) is 0.435. The summed E-state index contributed by atoms with van der Waals surface area (Å²) in [7, 11) is 0. The molecule has 2 aromatic carbocycles. The maximum Gasteiger partial charge on any atom is 0.201 e. The molecular formula is C27H34F2O. The summed E-state index contributed by atoms with van der Waals surface area (Å²) in [4.78, 5) is 0. The van der Waals surface area contributed by atoms with Crippen molar-refractivity contribution in [2.75, 3.05) is 6.61 Å². The predicted molar refractivity (Wildman–Crippen MR) is 120 cm³/mol. The first kappa shape index (κ1) is 21.3. The molecule has 0 unspecified atom stereocenters. The number of fused-ring (bicyclic) bond motifs is 1. The molecule has 4 rings (SSSR count). The van der Waals surface area contributed by atoms with Crippen molar-refractivity contribution in [1.29, 1.82) is 0 Å². The van der Waals surface area contributed by atoms with Crippen LogP contribution >= 0.6 is 0 Å². The van der Waals surface area contributed by atoms with E-state index in [9.17, 15) is 8.78 Å². The van der Waals surface area contributed by atoms with E-state index in [2.05, 4.69) is 19.6 Å². The Hall–Kier alpha value is -1.90. The zero-order chi connectivity index (χ0) is 21.1. The first-order valence-corrected chi connectivity index (χ1v) is 11.8. The SMILES string of the molecule is C=CCOc1cc2ccc(C3CCC(C4CCC(CC)CC4)CC3)cc2c(F)c1F. The second-order valence-electron chi connectivity index (χ2n) is 9.38. The van der Waals surface area contributed by atoms with Gasteiger partial charge in [-0.1, -0.05) is 51.0 Å². The molecule has 2 aliphatic rings. The fourth-order valence-electron chi connectivity index (χ4n) is 5.82. The first-order valence-electron chi connectivity index (χ1n) is 11.8. The second kappa shape index (κ2) is 9.49. The lowest BCUT2D eigenvalue weighted by Crippen LogP contribution is -2.25. The van der Waals surface area contributed by atoms with E-state index in [-0.39, 0.29) is 12.4 Å². The monoisotopic (exact) mass is 412 g/mol. The lowest BCUT2D eigenvalue weighted by atomic mass is 9.68. The molecule has 2 aromatic rings. The molecule has 30 heavy (non-hydrogen) atoms. The normalized spacial score (nSPS) is 27.2. The number of halogens is 2. The van der Waals surface area contributed by atoms with Crippen LogP contribution in [-0.2, 0) is 0 Å². The van der Waals surface area contributed by atoms with E-state index < -0.39 is 11.6 Å². The van der Waals surface area contributed by atoms with Crippen molar-refractivity contribution in [3.05, 3.63) is 54.1 Å². The molecule has 0 atom stereocenters. The summed E-state index contributed by atoms with van der Waals surface area (Å²) in [5, 5.41) is 1.04. The summed E-state index contributed by atoms with van der Waals surface area (Å²) in [6.45, 7) is 6.03. The minimum atomic E-state index is -0.909.